The summed E-state index contributed by atoms with van der Waals surface area (Å²) < 4.78 is 0. The maximum Gasteiger partial charge on any atom is 0.135 e. The van der Waals surface area contributed by atoms with Gasteiger partial charge >= 0.3 is 0 Å². The number of aromatic nitrogens is 2. The Morgan fingerprint density at radius 3 is 2.90 bits per heavy atom. The molecule has 5 heteroatoms. The van der Waals surface area contributed by atoms with E-state index in [0.717, 1.165) is 22.6 Å². The highest BCUT2D eigenvalue weighted by molar-refractivity contribution is 5.83. The van der Waals surface area contributed by atoms with E-state index in [1.807, 2.05) is 48.5 Å². The number of rotatable bonds is 2. The zero-order valence-corrected chi connectivity index (χ0v) is 11.2. The molecule has 0 saturated carbocycles. The van der Waals surface area contributed by atoms with Gasteiger partial charge in [0, 0.05) is 30.7 Å². The van der Waals surface area contributed by atoms with Crippen molar-refractivity contribution in [1.29, 1.82) is 0 Å². The van der Waals surface area contributed by atoms with Crippen LogP contribution in [0.1, 0.15) is 11.1 Å². The molecule has 0 atom stereocenters. The number of pyridine rings is 2. The molecule has 0 fully saturated rings. The number of hydrogen-bond donors (Lipinski definition) is 2. The van der Waals surface area contributed by atoms with Crippen LogP contribution < -0.4 is 11.1 Å². The SMILES string of the molecule is C=C1c2c(cc(Nc3ccccn3)nc2N)C=CN1C. The van der Waals surface area contributed by atoms with Crippen LogP contribution in [0, 0.1) is 0 Å². The molecule has 3 rings (SSSR count). The minimum absolute atomic E-state index is 0.460. The molecular formula is C15H15N5. The quantitative estimate of drug-likeness (QED) is 0.873. The number of nitrogens with zero attached hydrogens (tertiary/aromatic N) is 3. The molecule has 0 radical (unpaired) electrons. The molecule has 0 amide bonds. The Morgan fingerprint density at radius 2 is 2.15 bits per heavy atom. The molecule has 20 heavy (non-hydrogen) atoms. The fourth-order valence-corrected chi connectivity index (χ4v) is 2.12. The van der Waals surface area contributed by atoms with Crippen molar-refractivity contribution in [3.8, 4) is 0 Å². The molecule has 0 aliphatic carbocycles. The van der Waals surface area contributed by atoms with Gasteiger partial charge < -0.3 is 16.0 Å². The van der Waals surface area contributed by atoms with Crippen molar-refractivity contribution in [2.75, 3.05) is 18.1 Å². The second-order valence-electron chi connectivity index (χ2n) is 4.57. The zero-order chi connectivity index (χ0) is 14.1. The summed E-state index contributed by atoms with van der Waals surface area (Å²) in [6.45, 7) is 4.03. The Bertz CT molecular complexity index is 691. The standard InChI is InChI=1S/C15H15N5/c1-10-14-11(6-8-20(10)2)9-13(19-15(14)16)18-12-5-3-4-7-17-12/h3-9H,1H2,2H3,(H3,16,17,18,19). The number of nitrogen functional groups attached to an aromatic ring is 1. The Balaban J connectivity index is 2.00. The van der Waals surface area contributed by atoms with Crippen molar-refractivity contribution in [2.45, 2.75) is 0 Å². The van der Waals surface area contributed by atoms with E-state index in [0.29, 0.717) is 11.6 Å². The first-order valence-electron chi connectivity index (χ1n) is 6.24. The Kier molecular flexibility index (Phi) is 2.87. The van der Waals surface area contributed by atoms with Crippen molar-refractivity contribution in [3.63, 3.8) is 0 Å². The Morgan fingerprint density at radius 1 is 1.30 bits per heavy atom. The third kappa shape index (κ3) is 2.09. The van der Waals surface area contributed by atoms with E-state index in [9.17, 15) is 0 Å². The summed E-state index contributed by atoms with van der Waals surface area (Å²) in [6.07, 6.45) is 5.67. The monoisotopic (exact) mass is 265 g/mol. The van der Waals surface area contributed by atoms with Crippen molar-refractivity contribution in [2.24, 2.45) is 0 Å². The molecule has 0 aromatic carbocycles. The first kappa shape index (κ1) is 12.2. The van der Waals surface area contributed by atoms with Gasteiger partial charge in [0.25, 0.3) is 0 Å². The lowest BCUT2D eigenvalue weighted by Gasteiger charge is -2.24. The highest BCUT2D eigenvalue weighted by Gasteiger charge is 2.17. The molecule has 3 heterocycles. The topological polar surface area (TPSA) is 67.1 Å². The molecule has 1 aliphatic heterocycles. The largest absolute Gasteiger partial charge is 0.383 e. The summed E-state index contributed by atoms with van der Waals surface area (Å²) in [6, 6.07) is 7.59. The van der Waals surface area contributed by atoms with E-state index in [1.165, 1.54) is 0 Å². The van der Waals surface area contributed by atoms with Crippen molar-refractivity contribution in [3.05, 3.63) is 54.4 Å². The van der Waals surface area contributed by atoms with E-state index >= 15 is 0 Å². The number of nitrogens with two attached hydrogens (primary N) is 1. The van der Waals surface area contributed by atoms with E-state index in [4.69, 9.17) is 5.73 Å². The second-order valence-corrected chi connectivity index (χ2v) is 4.57. The van der Waals surface area contributed by atoms with Crippen LogP contribution in [0.2, 0.25) is 0 Å². The predicted molar refractivity (Wildman–Crippen MR) is 82.0 cm³/mol. The van der Waals surface area contributed by atoms with E-state index in [1.54, 1.807) is 6.20 Å². The molecule has 3 N–H and O–H groups in total. The maximum absolute atomic E-state index is 6.06. The van der Waals surface area contributed by atoms with Gasteiger partial charge in [-0.15, -0.1) is 0 Å². The summed E-state index contributed by atoms with van der Waals surface area (Å²) in [5.41, 5.74) is 8.78. The van der Waals surface area contributed by atoms with Crippen LogP contribution in [-0.4, -0.2) is 21.9 Å². The number of fused-ring (bicyclic) bond motifs is 1. The van der Waals surface area contributed by atoms with Crippen molar-refractivity contribution >= 4 is 29.2 Å². The van der Waals surface area contributed by atoms with E-state index in [2.05, 4.69) is 21.9 Å². The molecule has 0 unspecified atom stereocenters. The Hall–Kier alpha value is -2.82. The number of hydrogen-bond acceptors (Lipinski definition) is 5. The smallest absolute Gasteiger partial charge is 0.135 e. The summed E-state index contributed by atoms with van der Waals surface area (Å²) in [5.74, 6) is 1.86. The molecule has 0 bridgehead atoms. The minimum Gasteiger partial charge on any atom is -0.383 e. The van der Waals surface area contributed by atoms with Gasteiger partial charge in [-0.1, -0.05) is 12.6 Å². The third-order valence-electron chi connectivity index (χ3n) is 3.19. The molecule has 100 valence electrons. The molecule has 2 aromatic heterocycles. The summed E-state index contributed by atoms with van der Waals surface area (Å²) in [4.78, 5) is 10.5. The van der Waals surface area contributed by atoms with Gasteiger partial charge in [0.1, 0.15) is 17.5 Å². The van der Waals surface area contributed by atoms with Crippen LogP contribution in [0.15, 0.2) is 43.2 Å². The molecule has 1 aliphatic rings. The summed E-state index contributed by atoms with van der Waals surface area (Å²) >= 11 is 0. The van der Waals surface area contributed by atoms with Crippen LogP contribution in [0.3, 0.4) is 0 Å². The second kappa shape index (κ2) is 4.70. The first-order valence-corrected chi connectivity index (χ1v) is 6.24. The summed E-state index contributed by atoms with van der Waals surface area (Å²) in [5, 5.41) is 3.14. The van der Waals surface area contributed by atoms with Crippen LogP contribution in [-0.2, 0) is 0 Å². The van der Waals surface area contributed by atoms with Gasteiger partial charge in [0.05, 0.1) is 0 Å². The van der Waals surface area contributed by atoms with Gasteiger partial charge in [0.15, 0.2) is 0 Å². The maximum atomic E-state index is 6.06. The fourth-order valence-electron chi connectivity index (χ4n) is 2.12. The predicted octanol–water partition coefficient (Wildman–Crippen LogP) is 2.69. The van der Waals surface area contributed by atoms with Crippen LogP contribution >= 0.6 is 0 Å². The van der Waals surface area contributed by atoms with Crippen LogP contribution in [0.25, 0.3) is 11.8 Å². The van der Waals surface area contributed by atoms with Crippen molar-refractivity contribution < 1.29 is 0 Å². The molecule has 0 saturated heterocycles. The zero-order valence-electron chi connectivity index (χ0n) is 11.2. The van der Waals surface area contributed by atoms with Gasteiger partial charge in [-0.25, -0.2) is 9.97 Å². The van der Waals surface area contributed by atoms with Gasteiger partial charge in [-0.05, 0) is 29.8 Å². The average Bonchev–Trinajstić information content (AvgIpc) is 2.44. The third-order valence-corrected chi connectivity index (χ3v) is 3.19. The molecule has 2 aromatic rings. The lowest BCUT2D eigenvalue weighted by atomic mass is 10.0. The number of anilines is 3. The molecule has 5 nitrogen and oxygen atoms in total. The Labute approximate surface area is 117 Å². The lowest BCUT2D eigenvalue weighted by molar-refractivity contribution is 0.656. The van der Waals surface area contributed by atoms with Gasteiger partial charge in [-0.3, -0.25) is 0 Å². The highest BCUT2D eigenvalue weighted by atomic mass is 15.1. The molecular weight excluding hydrogens is 250 g/mol. The molecule has 0 spiro atoms. The fraction of sp³-hybridized carbons (Fsp3) is 0.0667. The highest BCUT2D eigenvalue weighted by Crippen LogP contribution is 2.32. The summed E-state index contributed by atoms with van der Waals surface area (Å²) in [7, 11) is 1.93. The van der Waals surface area contributed by atoms with E-state index < -0.39 is 0 Å². The minimum atomic E-state index is 0.460. The number of nitrogens with one attached hydrogen (secondary N) is 1. The lowest BCUT2D eigenvalue weighted by Crippen LogP contribution is -2.15. The average molecular weight is 265 g/mol. The van der Waals surface area contributed by atoms with Crippen LogP contribution in [0.4, 0.5) is 17.5 Å². The van der Waals surface area contributed by atoms with Crippen LogP contribution in [0.5, 0.6) is 0 Å². The van der Waals surface area contributed by atoms with Crippen molar-refractivity contribution in [1.82, 2.24) is 14.9 Å². The first-order chi connectivity index (χ1) is 9.65. The normalized spacial score (nSPS) is 13.2. The van der Waals surface area contributed by atoms with Gasteiger partial charge in [0.2, 0.25) is 0 Å². The van der Waals surface area contributed by atoms with E-state index in [-0.39, 0.29) is 0 Å². The van der Waals surface area contributed by atoms with Gasteiger partial charge in [-0.2, -0.15) is 0 Å².